The molecule has 3 heteroatoms. The van der Waals surface area contributed by atoms with Gasteiger partial charge in [0.1, 0.15) is 0 Å². The van der Waals surface area contributed by atoms with E-state index >= 15 is 0 Å². The molecule has 0 aliphatic rings. The zero-order valence-electron chi connectivity index (χ0n) is 13.9. The molecular weight excluding hydrogens is 282 g/mol. The van der Waals surface area contributed by atoms with Crippen LogP contribution in [0.5, 0.6) is 0 Å². The fourth-order valence-corrected chi connectivity index (χ4v) is 2.48. The van der Waals surface area contributed by atoms with Crippen molar-refractivity contribution in [3.05, 3.63) is 84.7 Å². The van der Waals surface area contributed by atoms with Gasteiger partial charge in [0.25, 0.3) is 0 Å². The van der Waals surface area contributed by atoms with Gasteiger partial charge in [-0.25, -0.2) is 0 Å². The minimum atomic E-state index is 0.0220. The molecule has 2 aromatic carbocycles. The Morgan fingerprint density at radius 1 is 1.17 bits per heavy atom. The van der Waals surface area contributed by atoms with E-state index in [1.165, 1.54) is 5.56 Å². The number of anilines is 2. The molecule has 23 heavy (non-hydrogen) atoms. The molecule has 0 aliphatic heterocycles. The predicted octanol–water partition coefficient (Wildman–Crippen LogP) is 4.69. The molecule has 0 bridgehead atoms. The maximum atomic E-state index is 4.10. The molecular formula is C20H25N3. The molecule has 1 atom stereocenters. The van der Waals surface area contributed by atoms with E-state index in [9.17, 15) is 0 Å². The topological polar surface area (TPSA) is 36.1 Å². The summed E-state index contributed by atoms with van der Waals surface area (Å²) in [6, 6.07) is 16.5. The third kappa shape index (κ3) is 4.39. The third-order valence-corrected chi connectivity index (χ3v) is 3.79. The largest absolute Gasteiger partial charge is 0.388 e. The average molecular weight is 307 g/mol. The molecule has 1 unspecified atom stereocenters. The van der Waals surface area contributed by atoms with Gasteiger partial charge in [0, 0.05) is 18.4 Å². The van der Waals surface area contributed by atoms with Gasteiger partial charge in [0.05, 0.1) is 11.9 Å². The van der Waals surface area contributed by atoms with E-state index in [-0.39, 0.29) is 6.04 Å². The van der Waals surface area contributed by atoms with Crippen molar-refractivity contribution in [1.29, 1.82) is 0 Å². The fraction of sp³-hybridized carbons (Fsp3) is 0.200. The summed E-state index contributed by atoms with van der Waals surface area (Å²) in [5.74, 6) is 0.752. The van der Waals surface area contributed by atoms with Crippen LogP contribution >= 0.6 is 0 Å². The first kappa shape index (κ1) is 16.7. The zero-order chi connectivity index (χ0) is 16.7. The van der Waals surface area contributed by atoms with Crippen LogP contribution in [0.25, 0.3) is 0 Å². The first-order valence-corrected chi connectivity index (χ1v) is 7.88. The van der Waals surface area contributed by atoms with Gasteiger partial charge < -0.3 is 16.0 Å². The maximum absolute atomic E-state index is 4.10. The monoisotopic (exact) mass is 307 g/mol. The van der Waals surface area contributed by atoms with E-state index in [4.69, 9.17) is 0 Å². The minimum Gasteiger partial charge on any atom is -0.388 e. The van der Waals surface area contributed by atoms with Gasteiger partial charge in [-0.2, -0.15) is 0 Å². The maximum Gasteiger partial charge on any atom is 0.0964 e. The Bertz CT molecular complexity index is 662. The van der Waals surface area contributed by atoms with Crippen LogP contribution in [-0.4, -0.2) is 7.05 Å². The second-order valence-corrected chi connectivity index (χ2v) is 5.35. The molecule has 0 radical (unpaired) electrons. The van der Waals surface area contributed by atoms with E-state index < -0.39 is 0 Å². The van der Waals surface area contributed by atoms with Crippen molar-refractivity contribution in [2.24, 2.45) is 0 Å². The molecule has 0 saturated carbocycles. The Kier molecular flexibility index (Phi) is 5.87. The minimum absolute atomic E-state index is 0.0220. The smallest absolute Gasteiger partial charge is 0.0964 e. The van der Waals surface area contributed by atoms with Gasteiger partial charge in [-0.1, -0.05) is 56.0 Å². The van der Waals surface area contributed by atoms with Crippen molar-refractivity contribution in [2.75, 3.05) is 17.7 Å². The summed E-state index contributed by atoms with van der Waals surface area (Å²) in [6.45, 7) is 10.2. The highest BCUT2D eigenvalue weighted by Crippen LogP contribution is 2.23. The molecule has 3 nitrogen and oxygen atoms in total. The molecule has 120 valence electrons. The predicted molar refractivity (Wildman–Crippen MR) is 101 cm³/mol. The van der Waals surface area contributed by atoms with E-state index in [1.807, 2.05) is 31.3 Å². The number of hydrogen-bond acceptors (Lipinski definition) is 3. The number of rotatable bonds is 8. The SMILES string of the molecule is C=CC(NC(=C)Nc1cc(NC)ccc1CC)c1ccccc1. The molecule has 2 rings (SSSR count). The van der Waals surface area contributed by atoms with Crippen LogP contribution in [0.3, 0.4) is 0 Å². The van der Waals surface area contributed by atoms with Crippen LogP contribution in [0, 0.1) is 0 Å². The lowest BCUT2D eigenvalue weighted by atomic mass is 10.1. The molecule has 3 N–H and O–H groups in total. The Morgan fingerprint density at radius 3 is 2.52 bits per heavy atom. The summed E-state index contributed by atoms with van der Waals surface area (Å²) < 4.78 is 0. The number of hydrogen-bond donors (Lipinski definition) is 3. The van der Waals surface area contributed by atoms with E-state index in [2.05, 4.69) is 66.4 Å². The fourth-order valence-electron chi connectivity index (χ4n) is 2.48. The third-order valence-electron chi connectivity index (χ3n) is 3.79. The highest BCUT2D eigenvalue weighted by Gasteiger charge is 2.09. The van der Waals surface area contributed by atoms with Crippen molar-refractivity contribution in [3.8, 4) is 0 Å². The summed E-state index contributed by atoms with van der Waals surface area (Å²) >= 11 is 0. The summed E-state index contributed by atoms with van der Waals surface area (Å²) in [6.07, 6.45) is 2.84. The summed E-state index contributed by atoms with van der Waals surface area (Å²) in [4.78, 5) is 0. The van der Waals surface area contributed by atoms with Crippen LogP contribution in [0.2, 0.25) is 0 Å². The lowest BCUT2D eigenvalue weighted by Gasteiger charge is -2.21. The summed E-state index contributed by atoms with van der Waals surface area (Å²) in [5, 5.41) is 9.92. The normalized spacial score (nSPS) is 11.4. The highest BCUT2D eigenvalue weighted by molar-refractivity contribution is 5.63. The van der Waals surface area contributed by atoms with Crippen molar-refractivity contribution in [3.63, 3.8) is 0 Å². The Hall–Kier alpha value is -2.68. The lowest BCUT2D eigenvalue weighted by Crippen LogP contribution is -2.23. The van der Waals surface area contributed by atoms with Gasteiger partial charge >= 0.3 is 0 Å². The second-order valence-electron chi connectivity index (χ2n) is 5.35. The van der Waals surface area contributed by atoms with Crippen molar-refractivity contribution >= 4 is 11.4 Å². The second kappa shape index (κ2) is 8.08. The Morgan fingerprint density at radius 2 is 1.91 bits per heavy atom. The summed E-state index contributed by atoms with van der Waals surface area (Å²) in [7, 11) is 1.92. The van der Waals surface area contributed by atoms with Crippen LogP contribution in [0.15, 0.2) is 73.6 Å². The van der Waals surface area contributed by atoms with E-state index in [0.717, 1.165) is 29.2 Å². The molecule has 0 spiro atoms. The molecule has 0 amide bonds. The Balaban J connectivity index is 2.11. The Labute approximate surface area is 139 Å². The quantitative estimate of drug-likeness (QED) is 0.619. The van der Waals surface area contributed by atoms with Gasteiger partial charge in [-0.15, -0.1) is 6.58 Å². The van der Waals surface area contributed by atoms with Gasteiger partial charge in [-0.05, 0) is 29.7 Å². The standard InChI is InChI=1S/C20H25N3/c1-5-16-12-13-18(21-4)14-20(16)23-15(3)22-19(6-2)17-10-8-7-9-11-17/h6-14,19,21-23H,2-3,5H2,1,4H3. The van der Waals surface area contributed by atoms with Crippen LogP contribution < -0.4 is 16.0 Å². The molecule has 0 heterocycles. The molecule has 0 saturated heterocycles. The molecule has 0 aromatic heterocycles. The first-order chi connectivity index (χ1) is 11.2. The van der Waals surface area contributed by atoms with Gasteiger partial charge in [-0.3, -0.25) is 0 Å². The summed E-state index contributed by atoms with van der Waals surface area (Å²) in [5.41, 5.74) is 4.54. The van der Waals surface area contributed by atoms with E-state index in [0.29, 0.717) is 0 Å². The van der Waals surface area contributed by atoms with E-state index in [1.54, 1.807) is 0 Å². The average Bonchev–Trinajstić information content (AvgIpc) is 2.60. The number of nitrogens with one attached hydrogen (secondary N) is 3. The highest BCUT2D eigenvalue weighted by atomic mass is 15.1. The van der Waals surface area contributed by atoms with Crippen LogP contribution in [0.1, 0.15) is 24.1 Å². The molecule has 0 aliphatic carbocycles. The zero-order valence-corrected chi connectivity index (χ0v) is 13.9. The lowest BCUT2D eigenvalue weighted by molar-refractivity contribution is 0.721. The first-order valence-electron chi connectivity index (χ1n) is 7.88. The van der Waals surface area contributed by atoms with Gasteiger partial charge in [0.2, 0.25) is 0 Å². The van der Waals surface area contributed by atoms with Crippen molar-refractivity contribution in [1.82, 2.24) is 5.32 Å². The number of benzene rings is 2. The van der Waals surface area contributed by atoms with Crippen LogP contribution in [0.4, 0.5) is 11.4 Å². The number of aryl methyl sites for hydroxylation is 1. The van der Waals surface area contributed by atoms with Gasteiger partial charge in [0.15, 0.2) is 0 Å². The van der Waals surface area contributed by atoms with Crippen molar-refractivity contribution in [2.45, 2.75) is 19.4 Å². The molecule has 0 fully saturated rings. The molecule has 2 aromatic rings. The van der Waals surface area contributed by atoms with Crippen molar-refractivity contribution < 1.29 is 0 Å². The van der Waals surface area contributed by atoms with Crippen LogP contribution in [-0.2, 0) is 6.42 Å².